The molecule has 22 heteroatoms. The number of rotatable bonds is 45. The quantitative estimate of drug-likeness (QED) is 0.0158. The van der Waals surface area contributed by atoms with Crippen LogP contribution < -0.4 is 10.6 Å². The van der Waals surface area contributed by atoms with Gasteiger partial charge in [-0.3, -0.25) is 18.4 Å². The number of phosphoric acid groups is 1. The Kier molecular flexibility index (Phi) is 34.9. The standard InChI is InChI=1S/C81H98Cl3N2O16P/c1-3-5-6-7-8-9-10-11-33-48-68(92-52-62-36-21-13-22-37-62)50-71(87)85-72-76(94-54-64-40-25-15-26-41-64)74(93-53-63-38-23-14-24-39-63)70(101-78(72)91-49-4-2)59-96-79-73(86-80(88)97-60-81(82,83)84)77(95-55-65-42-27-16-28-43-65)75(69(100-79)58-90-51-61-34-19-12-20-35-61)102-103(89,98-56-66-44-29-17-30-45-66)99-57-67-46-31-18-32-47-67/h4,12-32,34-47,68-70,72-79H,2-3,5-11,33,48-60H2,1H3,(H,85,87)(H,86,88)/t68-,69-,70-,72+,73+,74-,75-,76-,77-,78+,79-/m1/s1. The summed E-state index contributed by atoms with van der Waals surface area (Å²) in [6.07, 6.45) is 1.14. The molecule has 9 rings (SSSR count). The summed E-state index contributed by atoms with van der Waals surface area (Å²) >= 11 is 18.6. The van der Waals surface area contributed by atoms with Gasteiger partial charge in [0.15, 0.2) is 12.6 Å². The van der Waals surface area contributed by atoms with Crippen LogP contribution in [-0.4, -0.2) is 110 Å². The molecule has 0 radical (unpaired) electrons. The number of carbonyl (C=O) groups is 2. The second kappa shape index (κ2) is 44.6. The Morgan fingerprint density at radius 1 is 0.485 bits per heavy atom. The van der Waals surface area contributed by atoms with E-state index in [9.17, 15) is 4.79 Å². The van der Waals surface area contributed by atoms with Crippen LogP contribution in [0.15, 0.2) is 225 Å². The molecule has 2 saturated heterocycles. The highest BCUT2D eigenvalue weighted by molar-refractivity contribution is 7.48. The number of hydrogen-bond acceptors (Lipinski definition) is 16. The maximum Gasteiger partial charge on any atom is 0.475 e. The van der Waals surface area contributed by atoms with E-state index in [0.717, 1.165) is 47.1 Å². The van der Waals surface area contributed by atoms with Gasteiger partial charge in [-0.2, -0.15) is 0 Å². The lowest BCUT2D eigenvalue weighted by Gasteiger charge is -2.48. The molecular weight excluding hydrogens is 1390 g/mol. The van der Waals surface area contributed by atoms with Crippen molar-refractivity contribution in [2.75, 3.05) is 26.4 Å². The lowest BCUT2D eigenvalue weighted by atomic mass is 9.95. The number of alkyl halides is 3. The number of ether oxygens (including phenoxy) is 10. The Labute approximate surface area is 622 Å². The number of alkyl carbamates (subject to hydrolysis) is 1. The van der Waals surface area contributed by atoms with Crippen LogP contribution in [0.25, 0.3) is 0 Å². The molecule has 18 nitrogen and oxygen atoms in total. The SMILES string of the molecule is C=CCO[C@H]1O[C@H](CO[C@@H]2O[C@H](COCc3ccccc3)[C@@H](OP(=O)(OCc3ccccc3)OCc3ccccc3)[C@H](OCc3ccccc3)[C@@H]2NC(=O)OCC(Cl)(Cl)Cl)[C@@H](OCc2ccccc2)[C@H](OCc2ccccc2)[C@@H]1NC(=O)C[C@@H](CCCCCCCCCCC)OCc1ccccc1. The smallest absolute Gasteiger partial charge is 0.445 e. The molecule has 0 aromatic heterocycles. The van der Waals surface area contributed by atoms with E-state index in [4.69, 9.17) is 95.7 Å². The number of carbonyl (C=O) groups excluding carboxylic acids is 2. The Morgan fingerprint density at radius 2 is 0.883 bits per heavy atom. The van der Waals surface area contributed by atoms with Crippen molar-refractivity contribution in [3.05, 3.63) is 264 Å². The fourth-order valence-electron chi connectivity index (χ4n) is 12.1. The van der Waals surface area contributed by atoms with E-state index in [2.05, 4.69) is 24.1 Å². The van der Waals surface area contributed by atoms with Crippen LogP contribution in [0.3, 0.4) is 0 Å². The van der Waals surface area contributed by atoms with Crippen molar-refractivity contribution < 1.29 is 75.1 Å². The highest BCUT2D eigenvalue weighted by Crippen LogP contribution is 2.54. The van der Waals surface area contributed by atoms with Crippen LogP contribution in [0.2, 0.25) is 0 Å². The molecule has 0 spiro atoms. The lowest BCUT2D eigenvalue weighted by Crippen LogP contribution is -2.68. The first-order valence-electron chi connectivity index (χ1n) is 35.6. The van der Waals surface area contributed by atoms with Crippen LogP contribution in [0, 0.1) is 0 Å². The van der Waals surface area contributed by atoms with Gasteiger partial charge in [0.2, 0.25) is 9.70 Å². The Morgan fingerprint density at radius 3 is 1.35 bits per heavy atom. The molecular formula is C81H98Cl3N2O16P. The predicted octanol–water partition coefficient (Wildman–Crippen LogP) is 17.4. The third-order valence-corrected chi connectivity index (χ3v) is 19.1. The van der Waals surface area contributed by atoms with Crippen molar-refractivity contribution >= 4 is 54.6 Å². The molecule has 2 fully saturated rings. The van der Waals surface area contributed by atoms with Crippen LogP contribution in [0.4, 0.5) is 4.79 Å². The van der Waals surface area contributed by atoms with Gasteiger partial charge < -0.3 is 58.0 Å². The second-order valence-corrected chi connectivity index (χ2v) is 29.7. The zero-order valence-electron chi connectivity index (χ0n) is 58.5. The predicted molar refractivity (Wildman–Crippen MR) is 397 cm³/mol. The Balaban J connectivity index is 1.08. The molecule has 0 unspecified atom stereocenters. The van der Waals surface area contributed by atoms with E-state index in [0.29, 0.717) is 24.2 Å². The van der Waals surface area contributed by atoms with E-state index in [1.54, 1.807) is 6.08 Å². The largest absolute Gasteiger partial charge is 0.475 e. The first-order valence-corrected chi connectivity index (χ1v) is 38.2. The molecule has 2 aliphatic heterocycles. The monoisotopic (exact) mass is 1490 g/mol. The summed E-state index contributed by atoms with van der Waals surface area (Å²) in [7, 11) is -4.74. The molecule has 0 saturated carbocycles. The molecule has 0 bridgehead atoms. The average molecular weight is 1490 g/mol. The maximum absolute atomic E-state index is 15.8. The molecule has 7 aromatic rings. The second-order valence-electron chi connectivity index (χ2n) is 25.6. The van der Waals surface area contributed by atoms with Gasteiger partial charge in [0.05, 0.1) is 78.6 Å². The number of phosphoric ester groups is 1. The number of benzene rings is 7. The summed E-state index contributed by atoms with van der Waals surface area (Å²) in [5, 5.41) is 6.20. The minimum atomic E-state index is -4.74. The first kappa shape index (κ1) is 80.7. The normalized spacial score (nSPS) is 20.9. The Bertz CT molecular complexity index is 3480. The molecule has 2 amide bonds. The molecule has 2 N–H and O–H groups in total. The minimum absolute atomic E-state index is 0.00146. The zero-order valence-corrected chi connectivity index (χ0v) is 61.7. The topological polar surface area (TPSA) is 195 Å². The number of halogens is 3. The van der Waals surface area contributed by atoms with E-state index >= 15 is 9.36 Å². The molecule has 7 aromatic carbocycles. The fourth-order valence-corrected chi connectivity index (χ4v) is 13.6. The molecule has 103 heavy (non-hydrogen) atoms. The third kappa shape index (κ3) is 28.8. The highest BCUT2D eigenvalue weighted by atomic mass is 35.6. The summed E-state index contributed by atoms with van der Waals surface area (Å²) in [5.41, 5.74) is 5.58. The van der Waals surface area contributed by atoms with E-state index in [-0.39, 0.29) is 71.8 Å². The first-order chi connectivity index (χ1) is 50.3. The van der Waals surface area contributed by atoms with Gasteiger partial charge in [-0.05, 0) is 45.4 Å². The average Bonchev–Trinajstić information content (AvgIpc) is 0.776. The highest BCUT2D eigenvalue weighted by Gasteiger charge is 2.54. The minimum Gasteiger partial charge on any atom is -0.445 e. The molecule has 2 aliphatic rings. The number of nitrogens with one attached hydrogen (secondary N) is 2. The van der Waals surface area contributed by atoms with Crippen LogP contribution in [0.1, 0.15) is 116 Å². The van der Waals surface area contributed by atoms with E-state index in [1.165, 1.54) is 38.5 Å². The molecule has 2 heterocycles. The molecule has 0 aliphatic carbocycles. The van der Waals surface area contributed by atoms with Gasteiger partial charge in [-0.15, -0.1) is 6.58 Å². The van der Waals surface area contributed by atoms with Gasteiger partial charge in [-0.25, -0.2) is 9.36 Å². The van der Waals surface area contributed by atoms with Gasteiger partial charge in [-0.1, -0.05) is 318 Å². The van der Waals surface area contributed by atoms with Gasteiger partial charge in [0.1, 0.15) is 55.3 Å². The van der Waals surface area contributed by atoms with Crippen molar-refractivity contribution in [1.82, 2.24) is 10.6 Å². The molecule has 11 atom stereocenters. The number of unbranched alkanes of at least 4 members (excludes halogenated alkanes) is 8. The summed E-state index contributed by atoms with van der Waals surface area (Å²) in [5.74, 6) is -0.315. The van der Waals surface area contributed by atoms with Crippen LogP contribution in [-0.2, 0) is 117 Å². The van der Waals surface area contributed by atoms with Crippen molar-refractivity contribution in [2.24, 2.45) is 0 Å². The van der Waals surface area contributed by atoms with Gasteiger partial charge in [0.25, 0.3) is 0 Å². The maximum atomic E-state index is 15.8. The van der Waals surface area contributed by atoms with Crippen molar-refractivity contribution in [1.29, 1.82) is 0 Å². The summed E-state index contributed by atoms with van der Waals surface area (Å²) in [6.45, 7) is 5.04. The van der Waals surface area contributed by atoms with Crippen LogP contribution in [0.5, 0.6) is 0 Å². The third-order valence-electron chi connectivity index (χ3n) is 17.4. The van der Waals surface area contributed by atoms with E-state index in [1.807, 2.05) is 212 Å². The van der Waals surface area contributed by atoms with Crippen molar-refractivity contribution in [2.45, 2.75) is 195 Å². The summed E-state index contributed by atoms with van der Waals surface area (Å²) in [6, 6.07) is 63.8. The van der Waals surface area contributed by atoms with Crippen LogP contribution >= 0.6 is 42.6 Å². The van der Waals surface area contributed by atoms with E-state index < -0.39 is 91.7 Å². The van der Waals surface area contributed by atoms with Crippen molar-refractivity contribution in [3.63, 3.8) is 0 Å². The summed E-state index contributed by atoms with van der Waals surface area (Å²) < 4.78 is 101. The molecule has 554 valence electrons. The fraction of sp³-hybridized carbons (Fsp3) is 0.432. The van der Waals surface area contributed by atoms with Gasteiger partial charge >= 0.3 is 13.9 Å². The lowest BCUT2D eigenvalue weighted by molar-refractivity contribution is -0.313. The zero-order chi connectivity index (χ0) is 72.2. The number of amides is 2. The van der Waals surface area contributed by atoms with Crippen molar-refractivity contribution in [3.8, 4) is 0 Å². The number of hydrogen-bond donors (Lipinski definition) is 2. The summed E-state index contributed by atoms with van der Waals surface area (Å²) in [4.78, 5) is 29.5. The Hall–Kier alpha value is -6.36. The van der Waals surface area contributed by atoms with Gasteiger partial charge in [0, 0.05) is 0 Å².